The molecule has 1 unspecified atom stereocenters. The molecular weight excluding hydrogens is 366 g/mol. The van der Waals surface area contributed by atoms with Gasteiger partial charge in [0.2, 0.25) is 10.0 Å². The molecule has 0 aromatic heterocycles. The molecule has 0 radical (unpaired) electrons. The lowest BCUT2D eigenvalue weighted by molar-refractivity contribution is 0.0532. The van der Waals surface area contributed by atoms with Crippen LogP contribution < -0.4 is 5.73 Å². The van der Waals surface area contributed by atoms with Crippen molar-refractivity contribution in [2.45, 2.75) is 38.1 Å². The maximum atomic E-state index is 13.1. The minimum Gasteiger partial charge on any atom is -0.379 e. The second-order valence-corrected chi connectivity index (χ2v) is 10.0. The number of aryl methyl sites for hydroxylation is 1. The van der Waals surface area contributed by atoms with Gasteiger partial charge >= 0.3 is 0 Å². The van der Waals surface area contributed by atoms with Gasteiger partial charge in [0.25, 0.3) is 5.91 Å². The third-order valence-electron chi connectivity index (χ3n) is 5.65. The standard InChI is InChI=1S/C19H29N3O4S/c1-14-4-5-15(27(24,25)22-8-10-26-11-9-22)12-16(14)18(23)21-7-6-17(20)19(2,3)13-21/h4-5,12,17H,6-11,13,20H2,1-3H3. The molecule has 2 saturated heterocycles. The summed E-state index contributed by atoms with van der Waals surface area (Å²) in [7, 11) is -3.63. The summed E-state index contributed by atoms with van der Waals surface area (Å²) < 4.78 is 32.5. The van der Waals surface area contributed by atoms with E-state index in [9.17, 15) is 13.2 Å². The van der Waals surface area contributed by atoms with E-state index in [1.54, 1.807) is 17.0 Å². The fraction of sp³-hybridized carbons (Fsp3) is 0.632. The van der Waals surface area contributed by atoms with Gasteiger partial charge < -0.3 is 15.4 Å². The molecule has 27 heavy (non-hydrogen) atoms. The molecule has 0 bridgehead atoms. The molecule has 8 heteroatoms. The van der Waals surface area contributed by atoms with E-state index in [0.717, 1.165) is 12.0 Å². The van der Waals surface area contributed by atoms with Gasteiger partial charge in [0.15, 0.2) is 0 Å². The van der Waals surface area contributed by atoms with Gasteiger partial charge in [0, 0.05) is 37.8 Å². The maximum Gasteiger partial charge on any atom is 0.254 e. The summed E-state index contributed by atoms with van der Waals surface area (Å²) in [6, 6.07) is 4.86. The maximum absolute atomic E-state index is 13.1. The van der Waals surface area contributed by atoms with Crippen LogP contribution in [0.5, 0.6) is 0 Å². The van der Waals surface area contributed by atoms with Crippen molar-refractivity contribution in [1.82, 2.24) is 9.21 Å². The molecule has 0 aliphatic carbocycles. The summed E-state index contributed by atoms with van der Waals surface area (Å²) in [4.78, 5) is 15.1. The summed E-state index contributed by atoms with van der Waals surface area (Å²) in [5.41, 5.74) is 7.22. The first-order valence-electron chi connectivity index (χ1n) is 9.36. The highest BCUT2D eigenvalue weighted by atomic mass is 32.2. The number of hydrogen-bond acceptors (Lipinski definition) is 5. The average molecular weight is 396 g/mol. The molecule has 150 valence electrons. The Hall–Kier alpha value is -1.48. The van der Waals surface area contributed by atoms with Crippen molar-refractivity contribution < 1.29 is 17.9 Å². The number of nitrogens with two attached hydrogens (primary N) is 1. The third-order valence-corrected chi connectivity index (χ3v) is 7.54. The number of amides is 1. The van der Waals surface area contributed by atoms with Gasteiger partial charge in [-0.2, -0.15) is 4.31 Å². The average Bonchev–Trinajstić information content (AvgIpc) is 2.64. The van der Waals surface area contributed by atoms with E-state index in [-0.39, 0.29) is 22.3 Å². The normalized spacial score (nSPS) is 24.0. The number of hydrogen-bond donors (Lipinski definition) is 1. The monoisotopic (exact) mass is 395 g/mol. The van der Waals surface area contributed by atoms with Gasteiger partial charge in [-0.25, -0.2) is 8.42 Å². The van der Waals surface area contributed by atoms with Crippen LogP contribution in [0, 0.1) is 12.3 Å². The quantitative estimate of drug-likeness (QED) is 0.831. The highest BCUT2D eigenvalue weighted by Gasteiger charge is 2.36. The first-order chi connectivity index (χ1) is 12.6. The Morgan fingerprint density at radius 1 is 1.22 bits per heavy atom. The van der Waals surface area contributed by atoms with Crippen molar-refractivity contribution in [3.8, 4) is 0 Å². The molecule has 1 amide bonds. The van der Waals surface area contributed by atoms with Crippen molar-refractivity contribution in [3.05, 3.63) is 29.3 Å². The number of nitrogens with zero attached hydrogens (tertiary/aromatic N) is 2. The fourth-order valence-corrected chi connectivity index (χ4v) is 5.08. The smallest absolute Gasteiger partial charge is 0.254 e. The van der Waals surface area contributed by atoms with E-state index in [4.69, 9.17) is 10.5 Å². The van der Waals surface area contributed by atoms with Crippen LogP contribution in [-0.2, 0) is 14.8 Å². The number of ether oxygens (including phenoxy) is 1. The molecular formula is C19H29N3O4S. The van der Waals surface area contributed by atoms with Gasteiger partial charge in [-0.1, -0.05) is 19.9 Å². The van der Waals surface area contributed by atoms with Crippen molar-refractivity contribution >= 4 is 15.9 Å². The third kappa shape index (κ3) is 4.03. The Labute approximate surface area is 161 Å². The highest BCUT2D eigenvalue weighted by molar-refractivity contribution is 7.89. The Kier molecular flexibility index (Phi) is 5.63. The number of likely N-dealkylation sites (tertiary alicyclic amines) is 1. The lowest BCUT2D eigenvalue weighted by atomic mass is 9.79. The number of rotatable bonds is 3. The first-order valence-corrected chi connectivity index (χ1v) is 10.8. The van der Waals surface area contributed by atoms with Crippen molar-refractivity contribution in [1.29, 1.82) is 0 Å². The van der Waals surface area contributed by atoms with E-state index >= 15 is 0 Å². The van der Waals surface area contributed by atoms with Crippen molar-refractivity contribution in [2.24, 2.45) is 11.1 Å². The molecule has 2 aliphatic heterocycles. The van der Waals surface area contributed by atoms with Crippen LogP contribution >= 0.6 is 0 Å². The summed E-state index contributed by atoms with van der Waals surface area (Å²) in [5, 5.41) is 0. The summed E-state index contributed by atoms with van der Waals surface area (Å²) >= 11 is 0. The second-order valence-electron chi connectivity index (χ2n) is 8.10. The summed E-state index contributed by atoms with van der Waals surface area (Å²) in [6.45, 7) is 8.54. The van der Waals surface area contributed by atoms with Crippen molar-refractivity contribution in [2.75, 3.05) is 39.4 Å². The summed E-state index contributed by atoms with van der Waals surface area (Å²) in [6.07, 6.45) is 0.740. The van der Waals surface area contributed by atoms with Crippen LogP contribution in [0.3, 0.4) is 0 Å². The summed E-state index contributed by atoms with van der Waals surface area (Å²) in [5.74, 6) is -0.133. The van der Waals surface area contributed by atoms with E-state index in [0.29, 0.717) is 45.0 Å². The highest BCUT2D eigenvalue weighted by Crippen LogP contribution is 2.29. The molecule has 3 rings (SSSR count). The molecule has 2 aliphatic rings. The number of carbonyl (C=O) groups is 1. The van der Waals surface area contributed by atoms with Crippen LogP contribution in [0.2, 0.25) is 0 Å². The van der Waals surface area contributed by atoms with Crippen LogP contribution in [0.15, 0.2) is 23.1 Å². The Bertz CT molecular complexity index is 816. The minimum atomic E-state index is -3.63. The molecule has 1 aromatic rings. The largest absolute Gasteiger partial charge is 0.379 e. The van der Waals surface area contributed by atoms with Crippen LogP contribution in [0.4, 0.5) is 0 Å². The van der Waals surface area contributed by atoms with E-state index in [1.807, 2.05) is 6.92 Å². The number of sulfonamides is 1. The van der Waals surface area contributed by atoms with Gasteiger partial charge in [-0.15, -0.1) is 0 Å². The zero-order chi connectivity index (χ0) is 19.8. The lowest BCUT2D eigenvalue weighted by Crippen LogP contribution is -2.54. The fourth-order valence-electron chi connectivity index (χ4n) is 3.65. The molecule has 0 saturated carbocycles. The van der Waals surface area contributed by atoms with E-state index in [2.05, 4.69) is 13.8 Å². The number of carbonyl (C=O) groups excluding carboxylic acids is 1. The molecule has 2 N–H and O–H groups in total. The Morgan fingerprint density at radius 3 is 2.52 bits per heavy atom. The topological polar surface area (TPSA) is 92.9 Å². The van der Waals surface area contributed by atoms with Crippen molar-refractivity contribution in [3.63, 3.8) is 0 Å². The van der Waals surface area contributed by atoms with Gasteiger partial charge in [-0.3, -0.25) is 4.79 Å². The lowest BCUT2D eigenvalue weighted by Gasteiger charge is -2.42. The van der Waals surface area contributed by atoms with Crippen LogP contribution in [0.1, 0.15) is 36.2 Å². The van der Waals surface area contributed by atoms with Gasteiger partial charge in [-0.05, 0) is 36.5 Å². The SMILES string of the molecule is Cc1ccc(S(=O)(=O)N2CCOCC2)cc1C(=O)N1CCC(N)C(C)(C)C1. The van der Waals surface area contributed by atoms with Gasteiger partial charge in [0.05, 0.1) is 18.1 Å². The predicted molar refractivity (Wildman–Crippen MR) is 103 cm³/mol. The molecule has 7 nitrogen and oxygen atoms in total. The van der Waals surface area contributed by atoms with Crippen LogP contribution in [0.25, 0.3) is 0 Å². The molecule has 2 fully saturated rings. The second kappa shape index (κ2) is 7.50. The zero-order valence-corrected chi connectivity index (χ0v) is 17.1. The number of benzene rings is 1. The Balaban J connectivity index is 1.88. The zero-order valence-electron chi connectivity index (χ0n) is 16.3. The van der Waals surface area contributed by atoms with E-state index < -0.39 is 10.0 Å². The first kappa shape index (κ1) is 20.3. The van der Waals surface area contributed by atoms with Crippen LogP contribution in [-0.4, -0.2) is 69.0 Å². The predicted octanol–water partition coefficient (Wildman–Crippen LogP) is 1.22. The molecule has 1 aromatic carbocycles. The molecule has 0 spiro atoms. The Morgan fingerprint density at radius 2 is 1.89 bits per heavy atom. The van der Waals surface area contributed by atoms with E-state index in [1.165, 1.54) is 10.4 Å². The minimum absolute atomic E-state index is 0.0516. The molecule has 2 heterocycles. The number of piperidine rings is 1. The number of morpholine rings is 1. The molecule has 1 atom stereocenters. The van der Waals surface area contributed by atoms with Gasteiger partial charge in [0.1, 0.15) is 0 Å².